The third kappa shape index (κ3) is 3.91. The summed E-state index contributed by atoms with van der Waals surface area (Å²) in [7, 11) is 0. The smallest absolute Gasteiger partial charge is 0.204 e. The molecule has 0 saturated heterocycles. The van der Waals surface area contributed by atoms with E-state index in [-0.39, 0.29) is 11.2 Å². The van der Waals surface area contributed by atoms with Crippen LogP contribution in [0.25, 0.3) is 0 Å². The van der Waals surface area contributed by atoms with E-state index in [0.29, 0.717) is 6.61 Å². The Labute approximate surface area is 88.8 Å². The van der Waals surface area contributed by atoms with E-state index < -0.39 is 0 Å². The van der Waals surface area contributed by atoms with Crippen LogP contribution in [0.2, 0.25) is 0 Å². The van der Waals surface area contributed by atoms with Crippen LogP contribution < -0.4 is 5.48 Å². The molecule has 0 bridgehead atoms. The Bertz CT molecular complexity index is 289. The molecule has 0 aliphatic carbocycles. The highest BCUT2D eigenvalue weighted by atomic mass is 32.1. The molecule has 0 radical (unpaired) electrons. The van der Waals surface area contributed by atoms with Gasteiger partial charge in [0.2, 0.25) is 5.12 Å². The zero-order valence-electron chi connectivity index (χ0n) is 7.93. The maximum Gasteiger partial charge on any atom is 0.204 e. The number of carbonyl (C=O) groups excluding carboxylic acids is 1. The van der Waals surface area contributed by atoms with Crippen LogP contribution in [-0.4, -0.2) is 11.2 Å². The van der Waals surface area contributed by atoms with Crippen LogP contribution in [0.1, 0.15) is 12.5 Å². The van der Waals surface area contributed by atoms with Gasteiger partial charge in [-0.25, -0.2) is 0 Å². The third-order valence-corrected chi connectivity index (χ3v) is 2.10. The fourth-order valence-electron chi connectivity index (χ4n) is 0.875. The lowest BCUT2D eigenvalue weighted by Gasteiger charge is -2.09. The molecule has 0 aromatic heterocycles. The molecule has 1 atom stereocenters. The Balaban J connectivity index is 2.26. The van der Waals surface area contributed by atoms with Gasteiger partial charge < -0.3 is 0 Å². The van der Waals surface area contributed by atoms with Gasteiger partial charge in [0.05, 0.1) is 12.6 Å². The third-order valence-electron chi connectivity index (χ3n) is 1.71. The van der Waals surface area contributed by atoms with Gasteiger partial charge in [-0.1, -0.05) is 30.3 Å². The largest absolute Gasteiger partial charge is 0.296 e. The maximum atomic E-state index is 10.7. The van der Waals surface area contributed by atoms with E-state index in [2.05, 4.69) is 18.1 Å². The van der Waals surface area contributed by atoms with E-state index in [1.54, 1.807) is 6.92 Å². The van der Waals surface area contributed by atoms with Crippen molar-refractivity contribution in [2.45, 2.75) is 19.6 Å². The van der Waals surface area contributed by atoms with Gasteiger partial charge in [-0.3, -0.25) is 9.63 Å². The molecule has 1 aromatic carbocycles. The quantitative estimate of drug-likeness (QED) is 0.573. The minimum Gasteiger partial charge on any atom is -0.296 e. The maximum absolute atomic E-state index is 10.7. The first-order chi connectivity index (χ1) is 6.70. The van der Waals surface area contributed by atoms with Gasteiger partial charge in [0.1, 0.15) is 0 Å². The molecule has 0 heterocycles. The topological polar surface area (TPSA) is 38.3 Å². The fraction of sp³-hybridized carbons (Fsp3) is 0.300. The predicted molar refractivity (Wildman–Crippen MR) is 57.8 cm³/mol. The zero-order valence-corrected chi connectivity index (χ0v) is 8.83. The average molecular weight is 211 g/mol. The highest BCUT2D eigenvalue weighted by Gasteiger charge is 2.06. The summed E-state index contributed by atoms with van der Waals surface area (Å²) in [6, 6.07) is 9.33. The summed E-state index contributed by atoms with van der Waals surface area (Å²) in [6.07, 6.45) is 0. The molecule has 1 N–H and O–H groups in total. The van der Waals surface area contributed by atoms with E-state index in [1.807, 2.05) is 30.3 Å². The second-order valence-electron chi connectivity index (χ2n) is 2.95. The summed E-state index contributed by atoms with van der Waals surface area (Å²) in [6.45, 7) is 2.13. The summed E-state index contributed by atoms with van der Waals surface area (Å²) < 4.78 is 0. The number of nitrogens with one attached hydrogen (secondary N) is 1. The number of rotatable bonds is 5. The molecule has 1 aromatic rings. The number of thiol groups is 1. The van der Waals surface area contributed by atoms with Gasteiger partial charge in [0, 0.05) is 0 Å². The zero-order chi connectivity index (χ0) is 10.4. The fourth-order valence-corrected chi connectivity index (χ4v) is 0.927. The van der Waals surface area contributed by atoms with Crippen molar-refractivity contribution in [1.29, 1.82) is 0 Å². The Kier molecular flexibility index (Phi) is 4.65. The van der Waals surface area contributed by atoms with Crippen LogP contribution in [0.5, 0.6) is 0 Å². The Morgan fingerprint density at radius 2 is 2.14 bits per heavy atom. The number of hydrogen-bond acceptors (Lipinski definition) is 3. The monoisotopic (exact) mass is 211 g/mol. The molecule has 0 aliphatic heterocycles. The highest BCUT2D eigenvalue weighted by Crippen LogP contribution is 1.99. The minimum atomic E-state index is -0.387. The molecule has 4 heteroatoms. The Morgan fingerprint density at radius 3 is 2.71 bits per heavy atom. The lowest BCUT2D eigenvalue weighted by molar-refractivity contribution is -0.116. The van der Waals surface area contributed by atoms with E-state index in [0.717, 1.165) is 5.56 Å². The molecule has 0 amide bonds. The predicted octanol–water partition coefficient (Wildman–Crippen LogP) is 1.55. The van der Waals surface area contributed by atoms with Crippen LogP contribution in [0.4, 0.5) is 0 Å². The molecule has 14 heavy (non-hydrogen) atoms. The molecule has 1 rings (SSSR count). The lowest BCUT2D eigenvalue weighted by atomic mass is 10.2. The van der Waals surface area contributed by atoms with Crippen LogP contribution in [0.3, 0.4) is 0 Å². The minimum absolute atomic E-state index is 0.238. The molecule has 0 aliphatic rings. The SMILES string of the molecule is CC(NOCc1ccccc1)C(=O)S. The molecule has 0 saturated carbocycles. The van der Waals surface area contributed by atoms with E-state index in [9.17, 15) is 4.79 Å². The summed E-state index contributed by atoms with van der Waals surface area (Å²) >= 11 is 3.67. The number of benzene rings is 1. The number of hydroxylamine groups is 1. The average Bonchev–Trinajstić information content (AvgIpc) is 2.19. The van der Waals surface area contributed by atoms with E-state index in [1.165, 1.54) is 0 Å². The summed E-state index contributed by atoms with van der Waals surface area (Å²) in [5.41, 5.74) is 3.66. The van der Waals surface area contributed by atoms with E-state index >= 15 is 0 Å². The van der Waals surface area contributed by atoms with Gasteiger partial charge >= 0.3 is 0 Å². The normalized spacial score (nSPS) is 12.4. The molecular formula is C10H13NO2S. The van der Waals surface area contributed by atoms with Gasteiger partial charge in [0.25, 0.3) is 0 Å². The molecule has 0 fully saturated rings. The van der Waals surface area contributed by atoms with Gasteiger partial charge in [-0.05, 0) is 12.5 Å². The Morgan fingerprint density at radius 1 is 1.50 bits per heavy atom. The molecule has 3 nitrogen and oxygen atoms in total. The highest BCUT2D eigenvalue weighted by molar-refractivity contribution is 7.96. The van der Waals surface area contributed by atoms with Crippen molar-refractivity contribution < 1.29 is 9.63 Å². The van der Waals surface area contributed by atoms with Crippen molar-refractivity contribution in [3.63, 3.8) is 0 Å². The van der Waals surface area contributed by atoms with Gasteiger partial charge in [0.15, 0.2) is 0 Å². The summed E-state index contributed by atoms with van der Waals surface area (Å²) in [5.74, 6) is 0. The summed E-state index contributed by atoms with van der Waals surface area (Å²) in [4.78, 5) is 15.8. The molecule has 76 valence electrons. The van der Waals surface area contributed by atoms with Crippen molar-refractivity contribution in [1.82, 2.24) is 5.48 Å². The Hall–Kier alpha value is -0.840. The molecule has 0 spiro atoms. The van der Waals surface area contributed by atoms with Crippen LogP contribution in [0, 0.1) is 0 Å². The molecular weight excluding hydrogens is 198 g/mol. The second-order valence-corrected chi connectivity index (χ2v) is 3.39. The number of hydrogen-bond donors (Lipinski definition) is 2. The van der Waals surface area contributed by atoms with Crippen molar-refractivity contribution in [2.24, 2.45) is 0 Å². The van der Waals surface area contributed by atoms with Gasteiger partial charge in [-0.15, -0.1) is 12.6 Å². The van der Waals surface area contributed by atoms with E-state index in [4.69, 9.17) is 4.84 Å². The van der Waals surface area contributed by atoms with Crippen LogP contribution in [0.15, 0.2) is 30.3 Å². The number of carbonyl (C=O) groups is 1. The molecule has 1 unspecified atom stereocenters. The van der Waals surface area contributed by atoms with Crippen molar-refractivity contribution in [3.8, 4) is 0 Å². The first-order valence-corrected chi connectivity index (χ1v) is 4.79. The first-order valence-electron chi connectivity index (χ1n) is 4.34. The van der Waals surface area contributed by atoms with Crippen LogP contribution >= 0.6 is 12.6 Å². The standard InChI is InChI=1S/C10H13NO2S/c1-8(10(12)14)11-13-7-9-5-3-2-4-6-9/h2-6,8,11H,7H2,1H3,(H,12,14). The lowest BCUT2D eigenvalue weighted by Crippen LogP contribution is -2.31. The first kappa shape index (κ1) is 11.2. The second kappa shape index (κ2) is 5.80. The van der Waals surface area contributed by atoms with Crippen molar-refractivity contribution >= 4 is 17.7 Å². The van der Waals surface area contributed by atoms with Crippen molar-refractivity contribution in [3.05, 3.63) is 35.9 Å². The van der Waals surface area contributed by atoms with Gasteiger partial charge in [-0.2, -0.15) is 5.48 Å². The summed E-state index contributed by atoms with van der Waals surface area (Å²) in [5, 5.41) is -0.238. The van der Waals surface area contributed by atoms with Crippen molar-refractivity contribution in [2.75, 3.05) is 0 Å². The van der Waals surface area contributed by atoms with Crippen LogP contribution in [-0.2, 0) is 16.2 Å².